The highest BCUT2D eigenvalue weighted by molar-refractivity contribution is 7.92. The fraction of sp³-hybridized carbons (Fsp3) is 0.316. The molecule has 2 rings (SSSR count). The Balaban J connectivity index is 2.06. The van der Waals surface area contributed by atoms with Gasteiger partial charge >= 0.3 is 0 Å². The first-order valence-electron chi connectivity index (χ1n) is 8.41. The third kappa shape index (κ3) is 6.45. The van der Waals surface area contributed by atoms with Crippen LogP contribution < -0.4 is 14.4 Å². The van der Waals surface area contributed by atoms with Gasteiger partial charge in [0.1, 0.15) is 12.3 Å². The summed E-state index contributed by atoms with van der Waals surface area (Å²) in [6.07, 6.45) is 1.09. The number of halogens is 1. The number of rotatable bonds is 8. The van der Waals surface area contributed by atoms with E-state index in [4.69, 9.17) is 16.3 Å². The van der Waals surface area contributed by atoms with Crippen molar-refractivity contribution in [1.82, 2.24) is 5.32 Å². The third-order valence-electron chi connectivity index (χ3n) is 3.57. The minimum absolute atomic E-state index is 0.0498. The maximum Gasteiger partial charge on any atom is 0.241 e. The van der Waals surface area contributed by atoms with E-state index < -0.39 is 15.9 Å². The fourth-order valence-electron chi connectivity index (χ4n) is 2.42. The Morgan fingerprint density at radius 3 is 2.52 bits per heavy atom. The summed E-state index contributed by atoms with van der Waals surface area (Å²) in [6, 6.07) is 13.9. The minimum atomic E-state index is -3.67. The quantitative estimate of drug-likeness (QED) is 0.725. The predicted octanol–water partition coefficient (Wildman–Crippen LogP) is 3.21. The second kappa shape index (κ2) is 9.10. The first-order chi connectivity index (χ1) is 12.7. The van der Waals surface area contributed by atoms with Gasteiger partial charge in [0.25, 0.3) is 0 Å². The van der Waals surface area contributed by atoms with Gasteiger partial charge in [-0.1, -0.05) is 35.9 Å². The number of ether oxygens (including phenoxy) is 1. The normalized spacial score (nSPS) is 11.3. The average Bonchev–Trinajstić information content (AvgIpc) is 2.57. The lowest BCUT2D eigenvalue weighted by Crippen LogP contribution is -2.40. The zero-order valence-corrected chi connectivity index (χ0v) is 17.0. The van der Waals surface area contributed by atoms with Gasteiger partial charge in [0.05, 0.1) is 23.1 Å². The molecule has 0 saturated heterocycles. The summed E-state index contributed by atoms with van der Waals surface area (Å²) in [7, 11) is -3.67. The van der Waals surface area contributed by atoms with Crippen LogP contribution in [0, 0.1) is 0 Å². The van der Waals surface area contributed by atoms with Gasteiger partial charge in [-0.2, -0.15) is 0 Å². The van der Waals surface area contributed by atoms with Crippen molar-refractivity contribution in [1.29, 1.82) is 0 Å². The molecule has 0 saturated carbocycles. The summed E-state index contributed by atoms with van der Waals surface area (Å²) in [5.74, 6) is 0.279. The van der Waals surface area contributed by atoms with Gasteiger partial charge in [-0.05, 0) is 43.7 Å². The molecule has 0 aliphatic heterocycles. The number of anilines is 1. The molecule has 0 aliphatic carbocycles. The summed E-state index contributed by atoms with van der Waals surface area (Å²) in [4.78, 5) is 12.3. The minimum Gasteiger partial charge on any atom is -0.491 e. The molecule has 0 bridgehead atoms. The van der Waals surface area contributed by atoms with Crippen LogP contribution in [-0.4, -0.2) is 33.2 Å². The standard InChI is InChI=1S/C19H23ClN2O4S/c1-14(2)26-16-8-6-7-15(11-16)12-21-19(23)13-22(27(3,24)25)18-10-5-4-9-17(18)20/h4-11,14H,12-13H2,1-3H3,(H,21,23). The van der Waals surface area contributed by atoms with Crippen LogP contribution >= 0.6 is 11.6 Å². The lowest BCUT2D eigenvalue weighted by atomic mass is 10.2. The lowest BCUT2D eigenvalue weighted by molar-refractivity contribution is -0.119. The van der Waals surface area contributed by atoms with Gasteiger partial charge in [-0.3, -0.25) is 9.10 Å². The van der Waals surface area contributed by atoms with E-state index in [0.29, 0.717) is 5.75 Å². The summed E-state index contributed by atoms with van der Waals surface area (Å²) in [5.41, 5.74) is 1.12. The SMILES string of the molecule is CC(C)Oc1cccc(CNC(=O)CN(c2ccccc2Cl)S(C)(=O)=O)c1. The van der Waals surface area contributed by atoms with Crippen LogP contribution in [0.15, 0.2) is 48.5 Å². The van der Waals surface area contributed by atoms with E-state index in [9.17, 15) is 13.2 Å². The lowest BCUT2D eigenvalue weighted by Gasteiger charge is -2.22. The number of carbonyl (C=O) groups excluding carboxylic acids is 1. The molecule has 0 fully saturated rings. The number of hydrogen-bond acceptors (Lipinski definition) is 4. The number of nitrogens with zero attached hydrogens (tertiary/aromatic N) is 1. The molecule has 0 aliphatic rings. The van der Waals surface area contributed by atoms with Crippen molar-refractivity contribution >= 4 is 33.2 Å². The second-order valence-corrected chi connectivity index (χ2v) is 8.63. The molecule has 0 aromatic heterocycles. The molecule has 6 nitrogen and oxygen atoms in total. The number of sulfonamides is 1. The molecule has 8 heteroatoms. The Hall–Kier alpha value is -2.25. The summed E-state index contributed by atoms with van der Waals surface area (Å²) >= 11 is 6.09. The van der Waals surface area contributed by atoms with Crippen LogP contribution in [0.1, 0.15) is 19.4 Å². The summed E-state index contributed by atoms with van der Waals surface area (Å²) in [6.45, 7) is 3.77. The zero-order chi connectivity index (χ0) is 20.0. The van der Waals surface area contributed by atoms with Crippen LogP contribution in [0.2, 0.25) is 5.02 Å². The Morgan fingerprint density at radius 2 is 1.89 bits per heavy atom. The molecule has 146 valence electrons. The number of carbonyl (C=O) groups is 1. The van der Waals surface area contributed by atoms with Gasteiger partial charge < -0.3 is 10.1 Å². The van der Waals surface area contributed by atoms with E-state index in [1.54, 1.807) is 24.3 Å². The monoisotopic (exact) mass is 410 g/mol. The highest BCUT2D eigenvalue weighted by atomic mass is 35.5. The van der Waals surface area contributed by atoms with Crippen LogP contribution in [0.3, 0.4) is 0 Å². The molecular weight excluding hydrogens is 388 g/mol. The summed E-state index contributed by atoms with van der Waals surface area (Å²) in [5, 5.41) is 2.99. The van der Waals surface area contributed by atoms with Crippen LogP contribution in [0.25, 0.3) is 0 Å². The largest absolute Gasteiger partial charge is 0.491 e. The molecular formula is C19H23ClN2O4S. The van der Waals surface area contributed by atoms with Crippen molar-refractivity contribution in [2.24, 2.45) is 0 Å². The molecule has 0 radical (unpaired) electrons. The van der Waals surface area contributed by atoms with E-state index in [1.165, 1.54) is 0 Å². The molecule has 0 unspecified atom stereocenters. The molecule has 1 amide bonds. The number of nitrogens with one attached hydrogen (secondary N) is 1. The van der Waals surface area contributed by atoms with Crippen molar-refractivity contribution in [3.05, 3.63) is 59.1 Å². The number of hydrogen-bond donors (Lipinski definition) is 1. The topological polar surface area (TPSA) is 75.7 Å². The van der Waals surface area contributed by atoms with E-state index in [1.807, 2.05) is 38.1 Å². The van der Waals surface area contributed by atoms with Crippen LogP contribution in [0.4, 0.5) is 5.69 Å². The number of amides is 1. The van der Waals surface area contributed by atoms with Crippen molar-refractivity contribution < 1.29 is 17.9 Å². The van der Waals surface area contributed by atoms with Gasteiger partial charge in [0.2, 0.25) is 15.9 Å². The molecule has 0 atom stereocenters. The van der Waals surface area contributed by atoms with Crippen molar-refractivity contribution in [2.75, 3.05) is 17.1 Å². The molecule has 2 aromatic rings. The van der Waals surface area contributed by atoms with Crippen molar-refractivity contribution in [3.63, 3.8) is 0 Å². The first-order valence-corrected chi connectivity index (χ1v) is 10.6. The van der Waals surface area contributed by atoms with E-state index >= 15 is 0 Å². The third-order valence-corrected chi connectivity index (χ3v) is 5.01. The number of para-hydroxylation sites is 1. The smallest absolute Gasteiger partial charge is 0.241 e. The van der Waals surface area contributed by atoms with E-state index in [-0.39, 0.29) is 29.9 Å². The van der Waals surface area contributed by atoms with Gasteiger partial charge in [0, 0.05) is 6.54 Å². The average molecular weight is 411 g/mol. The van der Waals surface area contributed by atoms with Gasteiger partial charge in [0.15, 0.2) is 0 Å². The highest BCUT2D eigenvalue weighted by Crippen LogP contribution is 2.26. The van der Waals surface area contributed by atoms with E-state index in [0.717, 1.165) is 16.1 Å². The molecule has 2 aromatic carbocycles. The zero-order valence-electron chi connectivity index (χ0n) is 15.5. The maximum atomic E-state index is 12.3. The molecule has 1 N–H and O–H groups in total. The number of benzene rings is 2. The first kappa shape index (κ1) is 21.1. The predicted molar refractivity (Wildman–Crippen MR) is 108 cm³/mol. The molecule has 27 heavy (non-hydrogen) atoms. The Labute approximate surface area is 165 Å². The molecule has 0 heterocycles. The Kier molecular flexibility index (Phi) is 7.10. The van der Waals surface area contributed by atoms with Crippen LogP contribution in [0.5, 0.6) is 5.75 Å². The Morgan fingerprint density at radius 1 is 1.19 bits per heavy atom. The van der Waals surface area contributed by atoms with Gasteiger partial charge in [-0.25, -0.2) is 8.42 Å². The van der Waals surface area contributed by atoms with Crippen molar-refractivity contribution in [3.8, 4) is 5.75 Å². The maximum absolute atomic E-state index is 12.3. The van der Waals surface area contributed by atoms with E-state index in [2.05, 4.69) is 5.32 Å². The summed E-state index contributed by atoms with van der Waals surface area (Å²) < 4.78 is 30.8. The fourth-order valence-corrected chi connectivity index (χ4v) is 3.58. The van der Waals surface area contributed by atoms with Crippen molar-refractivity contribution in [2.45, 2.75) is 26.5 Å². The second-order valence-electron chi connectivity index (χ2n) is 6.31. The van der Waals surface area contributed by atoms with Gasteiger partial charge in [-0.15, -0.1) is 0 Å². The highest BCUT2D eigenvalue weighted by Gasteiger charge is 2.22. The molecule has 0 spiro atoms. The van der Waals surface area contributed by atoms with Crippen LogP contribution in [-0.2, 0) is 21.4 Å². The Bertz CT molecular complexity index is 900.